The number of carbonyl (C=O) groups is 1. The Morgan fingerprint density at radius 1 is 0.826 bits per heavy atom. The van der Waals surface area contributed by atoms with Crippen LogP contribution in [-0.2, 0) is 0 Å². The first kappa shape index (κ1) is 13.9. The molecular weight excluding hydrogens is 302 g/mol. The van der Waals surface area contributed by atoms with Gasteiger partial charge in [-0.05, 0) is 18.2 Å². The van der Waals surface area contributed by atoms with Crippen molar-refractivity contribution in [3.05, 3.63) is 90.1 Å². The SMILES string of the molecule is O=C(c1ccccc1)c1c(-c2ccccn2)sc2ccccc12. The van der Waals surface area contributed by atoms with E-state index in [9.17, 15) is 4.79 Å². The van der Waals surface area contributed by atoms with E-state index < -0.39 is 0 Å². The molecule has 0 saturated heterocycles. The fourth-order valence-corrected chi connectivity index (χ4v) is 3.86. The number of rotatable bonds is 3. The highest BCUT2D eigenvalue weighted by atomic mass is 32.1. The first-order chi connectivity index (χ1) is 11.3. The third-order valence-corrected chi connectivity index (χ3v) is 4.95. The van der Waals surface area contributed by atoms with Crippen molar-refractivity contribution >= 4 is 27.2 Å². The van der Waals surface area contributed by atoms with Crippen molar-refractivity contribution < 1.29 is 4.79 Å². The Kier molecular flexibility index (Phi) is 3.48. The number of pyridine rings is 1. The number of carbonyl (C=O) groups excluding carboxylic acids is 1. The molecule has 0 N–H and O–H groups in total. The fourth-order valence-electron chi connectivity index (χ4n) is 2.68. The summed E-state index contributed by atoms with van der Waals surface area (Å²) in [6.45, 7) is 0. The van der Waals surface area contributed by atoms with Gasteiger partial charge in [0.25, 0.3) is 0 Å². The molecule has 110 valence electrons. The molecule has 0 fully saturated rings. The molecule has 23 heavy (non-hydrogen) atoms. The first-order valence-corrected chi connectivity index (χ1v) is 8.19. The minimum atomic E-state index is 0.0451. The van der Waals surface area contributed by atoms with E-state index in [0.29, 0.717) is 5.56 Å². The van der Waals surface area contributed by atoms with Gasteiger partial charge in [-0.3, -0.25) is 9.78 Å². The second-order valence-corrected chi connectivity index (χ2v) is 6.26. The van der Waals surface area contributed by atoms with E-state index in [1.807, 2.05) is 72.8 Å². The highest BCUT2D eigenvalue weighted by Crippen LogP contribution is 2.38. The Balaban J connectivity index is 1.99. The molecule has 0 amide bonds. The quantitative estimate of drug-likeness (QED) is 0.487. The van der Waals surface area contributed by atoms with Crippen LogP contribution in [0.1, 0.15) is 15.9 Å². The van der Waals surface area contributed by atoms with Crippen molar-refractivity contribution in [3.63, 3.8) is 0 Å². The van der Waals surface area contributed by atoms with Crippen molar-refractivity contribution in [1.82, 2.24) is 4.98 Å². The standard InChI is InChI=1S/C20H13NOS/c22-19(14-8-2-1-3-9-14)18-15-10-4-5-12-17(15)23-20(18)16-11-6-7-13-21-16/h1-13H. The molecule has 0 unspecified atom stereocenters. The molecule has 0 aliphatic heterocycles. The number of nitrogens with zero attached hydrogens (tertiary/aromatic N) is 1. The summed E-state index contributed by atoms with van der Waals surface area (Å²) in [7, 11) is 0. The van der Waals surface area contributed by atoms with Gasteiger partial charge in [-0.1, -0.05) is 54.6 Å². The lowest BCUT2D eigenvalue weighted by molar-refractivity contribution is 0.104. The van der Waals surface area contributed by atoms with Gasteiger partial charge in [-0.25, -0.2) is 0 Å². The molecule has 2 heterocycles. The van der Waals surface area contributed by atoms with Crippen LogP contribution in [0.15, 0.2) is 79.0 Å². The summed E-state index contributed by atoms with van der Waals surface area (Å²) in [5.74, 6) is 0.0451. The van der Waals surface area contributed by atoms with Gasteiger partial charge >= 0.3 is 0 Å². The first-order valence-electron chi connectivity index (χ1n) is 7.37. The van der Waals surface area contributed by atoms with Crippen LogP contribution < -0.4 is 0 Å². The van der Waals surface area contributed by atoms with E-state index in [1.54, 1.807) is 17.5 Å². The Labute approximate surface area is 138 Å². The van der Waals surface area contributed by atoms with E-state index in [2.05, 4.69) is 4.98 Å². The van der Waals surface area contributed by atoms with E-state index in [0.717, 1.165) is 26.2 Å². The smallest absolute Gasteiger partial charge is 0.195 e. The number of hydrogen-bond acceptors (Lipinski definition) is 3. The summed E-state index contributed by atoms with van der Waals surface area (Å²) < 4.78 is 1.10. The molecule has 0 radical (unpaired) electrons. The van der Waals surface area contributed by atoms with Gasteiger partial charge in [0.2, 0.25) is 0 Å². The molecule has 0 aliphatic carbocycles. The summed E-state index contributed by atoms with van der Waals surface area (Å²) in [6, 6.07) is 23.2. The highest BCUT2D eigenvalue weighted by molar-refractivity contribution is 7.22. The van der Waals surface area contributed by atoms with Crippen LogP contribution in [0.2, 0.25) is 0 Å². The number of aromatic nitrogens is 1. The number of hydrogen-bond donors (Lipinski definition) is 0. The molecule has 0 aliphatic rings. The van der Waals surface area contributed by atoms with Crippen molar-refractivity contribution in [2.24, 2.45) is 0 Å². The molecule has 2 aromatic carbocycles. The molecule has 4 aromatic rings. The molecule has 0 bridgehead atoms. The number of fused-ring (bicyclic) bond motifs is 1. The second-order valence-electron chi connectivity index (χ2n) is 5.21. The van der Waals surface area contributed by atoms with Gasteiger partial charge in [0.05, 0.1) is 16.1 Å². The van der Waals surface area contributed by atoms with Crippen LogP contribution in [0.5, 0.6) is 0 Å². The van der Waals surface area contributed by atoms with Crippen LogP contribution >= 0.6 is 11.3 Å². The van der Waals surface area contributed by atoms with Crippen LogP contribution in [-0.4, -0.2) is 10.8 Å². The zero-order valence-corrected chi connectivity index (χ0v) is 13.1. The summed E-state index contributed by atoms with van der Waals surface area (Å²) in [5.41, 5.74) is 2.29. The van der Waals surface area contributed by atoms with E-state index >= 15 is 0 Å². The van der Waals surface area contributed by atoms with Crippen LogP contribution in [0.4, 0.5) is 0 Å². The second kappa shape index (κ2) is 5.78. The topological polar surface area (TPSA) is 30.0 Å². The lowest BCUT2D eigenvalue weighted by atomic mass is 9.99. The maximum absolute atomic E-state index is 13.1. The lowest BCUT2D eigenvalue weighted by Crippen LogP contribution is -2.02. The Morgan fingerprint density at radius 3 is 2.35 bits per heavy atom. The van der Waals surface area contributed by atoms with Crippen LogP contribution in [0.3, 0.4) is 0 Å². The Bertz CT molecular complexity index is 974. The van der Waals surface area contributed by atoms with Gasteiger partial charge in [0.1, 0.15) is 0 Å². The van der Waals surface area contributed by atoms with Crippen LogP contribution in [0, 0.1) is 0 Å². The van der Waals surface area contributed by atoms with E-state index in [-0.39, 0.29) is 5.78 Å². The van der Waals surface area contributed by atoms with Gasteiger partial charge in [0.15, 0.2) is 5.78 Å². The average molecular weight is 315 g/mol. The van der Waals surface area contributed by atoms with Gasteiger partial charge in [0, 0.05) is 21.8 Å². The normalized spacial score (nSPS) is 10.8. The molecule has 2 nitrogen and oxygen atoms in total. The number of thiophene rings is 1. The fraction of sp³-hybridized carbons (Fsp3) is 0. The monoisotopic (exact) mass is 315 g/mol. The Morgan fingerprint density at radius 2 is 1.57 bits per heavy atom. The predicted molar refractivity (Wildman–Crippen MR) is 94.9 cm³/mol. The van der Waals surface area contributed by atoms with Gasteiger partial charge < -0.3 is 0 Å². The molecule has 0 spiro atoms. The maximum atomic E-state index is 13.1. The summed E-state index contributed by atoms with van der Waals surface area (Å²) in [4.78, 5) is 18.5. The molecular formula is C20H13NOS. The molecule has 0 saturated carbocycles. The largest absolute Gasteiger partial charge is 0.289 e. The summed E-state index contributed by atoms with van der Waals surface area (Å²) in [6.07, 6.45) is 1.76. The van der Waals surface area contributed by atoms with E-state index in [4.69, 9.17) is 0 Å². The highest BCUT2D eigenvalue weighted by Gasteiger charge is 2.21. The Hall–Kier alpha value is -2.78. The molecule has 3 heteroatoms. The van der Waals surface area contributed by atoms with Crippen molar-refractivity contribution in [2.75, 3.05) is 0 Å². The third kappa shape index (κ3) is 2.45. The maximum Gasteiger partial charge on any atom is 0.195 e. The average Bonchev–Trinajstić information content (AvgIpc) is 3.02. The van der Waals surface area contributed by atoms with Crippen LogP contribution in [0.25, 0.3) is 20.7 Å². The third-order valence-electron chi connectivity index (χ3n) is 3.76. The van der Waals surface area contributed by atoms with Crippen molar-refractivity contribution in [1.29, 1.82) is 0 Å². The lowest BCUT2D eigenvalue weighted by Gasteiger charge is -2.04. The summed E-state index contributed by atoms with van der Waals surface area (Å²) >= 11 is 1.62. The van der Waals surface area contributed by atoms with Gasteiger partial charge in [-0.2, -0.15) is 0 Å². The molecule has 4 rings (SSSR count). The minimum Gasteiger partial charge on any atom is -0.289 e. The molecule has 0 atom stereocenters. The van der Waals surface area contributed by atoms with Gasteiger partial charge in [-0.15, -0.1) is 11.3 Å². The van der Waals surface area contributed by atoms with E-state index in [1.165, 1.54) is 0 Å². The van der Waals surface area contributed by atoms with Crippen molar-refractivity contribution in [3.8, 4) is 10.6 Å². The molecule has 2 aromatic heterocycles. The zero-order valence-electron chi connectivity index (χ0n) is 12.3. The predicted octanol–water partition coefficient (Wildman–Crippen LogP) is 5.19. The summed E-state index contributed by atoms with van der Waals surface area (Å²) in [5, 5.41) is 0.993. The number of benzene rings is 2. The number of ketones is 1. The van der Waals surface area contributed by atoms with Crippen molar-refractivity contribution in [2.45, 2.75) is 0 Å². The zero-order chi connectivity index (χ0) is 15.6. The minimum absolute atomic E-state index is 0.0451.